The van der Waals surface area contributed by atoms with Gasteiger partial charge in [-0.05, 0) is 17.7 Å². The Balaban J connectivity index is 2.73. The van der Waals surface area contributed by atoms with E-state index in [1.807, 2.05) is 0 Å². The summed E-state index contributed by atoms with van der Waals surface area (Å²) in [5.41, 5.74) is 6.40. The van der Waals surface area contributed by atoms with Crippen LogP contribution in [-0.4, -0.2) is 22.9 Å². The number of aliphatic hydroxyl groups excluding tert-OH is 1. The van der Waals surface area contributed by atoms with Crippen molar-refractivity contribution in [3.63, 3.8) is 0 Å². The molecule has 0 heterocycles. The minimum Gasteiger partial charge on any atom is -0.465 e. The number of hydrogen-bond acceptors (Lipinski definition) is 3. The highest BCUT2D eigenvalue weighted by Gasteiger charge is 2.04. The fourth-order valence-corrected chi connectivity index (χ4v) is 1.05. The molecule has 76 valence electrons. The molecule has 5 nitrogen and oxygen atoms in total. The molecule has 0 bridgehead atoms. The molecular formula is C9H12N2O3. The second kappa shape index (κ2) is 4.59. The minimum absolute atomic E-state index is 0.145. The van der Waals surface area contributed by atoms with Crippen molar-refractivity contribution in [2.45, 2.75) is 6.10 Å². The Morgan fingerprint density at radius 2 is 2.00 bits per heavy atom. The van der Waals surface area contributed by atoms with Gasteiger partial charge in [0.2, 0.25) is 0 Å². The summed E-state index contributed by atoms with van der Waals surface area (Å²) in [6.07, 6.45) is -1.81. The van der Waals surface area contributed by atoms with Crippen LogP contribution in [0.4, 0.5) is 10.5 Å². The number of carboxylic acid groups (broad SMARTS) is 1. The van der Waals surface area contributed by atoms with Gasteiger partial charge in [-0.15, -0.1) is 0 Å². The van der Waals surface area contributed by atoms with E-state index in [2.05, 4.69) is 5.32 Å². The molecule has 0 saturated carbocycles. The van der Waals surface area contributed by atoms with Crippen molar-refractivity contribution in [2.75, 3.05) is 11.9 Å². The number of benzene rings is 1. The lowest BCUT2D eigenvalue weighted by atomic mass is 10.1. The van der Waals surface area contributed by atoms with E-state index < -0.39 is 12.2 Å². The predicted molar refractivity (Wildman–Crippen MR) is 52.1 cm³/mol. The molecule has 5 N–H and O–H groups in total. The first-order valence-electron chi connectivity index (χ1n) is 4.11. The summed E-state index contributed by atoms with van der Waals surface area (Å²) >= 11 is 0. The van der Waals surface area contributed by atoms with Crippen LogP contribution in [0.2, 0.25) is 0 Å². The highest BCUT2D eigenvalue weighted by molar-refractivity contribution is 5.82. The molecule has 1 aromatic carbocycles. The molecule has 0 aliphatic carbocycles. The summed E-state index contributed by atoms with van der Waals surface area (Å²) in [5.74, 6) is 0. The number of nitrogens with two attached hydrogens (primary N) is 1. The van der Waals surface area contributed by atoms with Crippen molar-refractivity contribution in [1.29, 1.82) is 0 Å². The molecule has 0 radical (unpaired) electrons. The number of anilines is 1. The first-order valence-corrected chi connectivity index (χ1v) is 4.11. The van der Waals surface area contributed by atoms with Gasteiger partial charge < -0.3 is 15.9 Å². The second-order valence-electron chi connectivity index (χ2n) is 2.80. The zero-order valence-electron chi connectivity index (χ0n) is 7.47. The van der Waals surface area contributed by atoms with E-state index in [1.54, 1.807) is 24.3 Å². The molecule has 0 aromatic heterocycles. The summed E-state index contributed by atoms with van der Waals surface area (Å²) in [7, 11) is 0. The van der Waals surface area contributed by atoms with Gasteiger partial charge in [-0.3, -0.25) is 5.32 Å². The number of amides is 1. The fraction of sp³-hybridized carbons (Fsp3) is 0.222. The number of hydrogen-bond donors (Lipinski definition) is 4. The zero-order valence-corrected chi connectivity index (χ0v) is 7.47. The lowest BCUT2D eigenvalue weighted by Gasteiger charge is -2.08. The third kappa shape index (κ3) is 2.72. The molecule has 0 unspecified atom stereocenters. The van der Waals surface area contributed by atoms with Crippen LogP contribution in [0.3, 0.4) is 0 Å². The molecule has 14 heavy (non-hydrogen) atoms. The van der Waals surface area contributed by atoms with Crippen molar-refractivity contribution < 1.29 is 15.0 Å². The Morgan fingerprint density at radius 3 is 2.43 bits per heavy atom. The number of nitrogens with one attached hydrogen (secondary N) is 1. The van der Waals surface area contributed by atoms with Crippen LogP contribution in [0.5, 0.6) is 0 Å². The van der Waals surface area contributed by atoms with Crippen LogP contribution < -0.4 is 11.1 Å². The normalized spacial score (nSPS) is 12.1. The van der Waals surface area contributed by atoms with Gasteiger partial charge in [0.25, 0.3) is 0 Å². The van der Waals surface area contributed by atoms with Crippen molar-refractivity contribution in [2.24, 2.45) is 5.73 Å². The lowest BCUT2D eigenvalue weighted by Crippen LogP contribution is -2.12. The van der Waals surface area contributed by atoms with Crippen LogP contribution in [0, 0.1) is 0 Å². The third-order valence-electron chi connectivity index (χ3n) is 1.77. The molecule has 1 amide bonds. The average molecular weight is 196 g/mol. The Bertz CT molecular complexity index is 310. The summed E-state index contributed by atoms with van der Waals surface area (Å²) in [6.45, 7) is 0.145. The smallest absolute Gasteiger partial charge is 0.409 e. The lowest BCUT2D eigenvalue weighted by molar-refractivity contribution is 0.187. The van der Waals surface area contributed by atoms with Gasteiger partial charge >= 0.3 is 6.09 Å². The van der Waals surface area contributed by atoms with Gasteiger partial charge in [0, 0.05) is 12.2 Å². The van der Waals surface area contributed by atoms with E-state index in [0.29, 0.717) is 11.3 Å². The molecule has 0 fully saturated rings. The summed E-state index contributed by atoms with van der Waals surface area (Å²) in [4.78, 5) is 10.3. The van der Waals surface area contributed by atoms with Gasteiger partial charge in [0.05, 0.1) is 6.10 Å². The van der Waals surface area contributed by atoms with E-state index >= 15 is 0 Å². The number of rotatable bonds is 3. The zero-order chi connectivity index (χ0) is 10.6. The average Bonchev–Trinajstić information content (AvgIpc) is 2.17. The molecule has 0 aliphatic heterocycles. The molecular weight excluding hydrogens is 184 g/mol. The van der Waals surface area contributed by atoms with Crippen molar-refractivity contribution >= 4 is 11.8 Å². The topological polar surface area (TPSA) is 95.6 Å². The van der Waals surface area contributed by atoms with Gasteiger partial charge in [-0.25, -0.2) is 4.79 Å². The standard InChI is InChI=1S/C9H12N2O3/c10-5-8(12)6-1-3-7(4-2-6)11-9(13)14/h1-4,8,11-12H,5,10H2,(H,13,14)/t8-/m0/s1. The molecule has 5 heteroatoms. The van der Waals surface area contributed by atoms with Crippen LogP contribution in [0.25, 0.3) is 0 Å². The van der Waals surface area contributed by atoms with Crippen molar-refractivity contribution in [3.05, 3.63) is 29.8 Å². The van der Waals surface area contributed by atoms with Crippen LogP contribution in [0.15, 0.2) is 24.3 Å². The first-order chi connectivity index (χ1) is 6.63. The highest BCUT2D eigenvalue weighted by atomic mass is 16.4. The Morgan fingerprint density at radius 1 is 1.43 bits per heavy atom. The minimum atomic E-state index is -1.11. The first kappa shape index (κ1) is 10.5. The fourth-order valence-electron chi connectivity index (χ4n) is 1.05. The largest absolute Gasteiger partial charge is 0.465 e. The van der Waals surface area contributed by atoms with Crippen molar-refractivity contribution in [3.8, 4) is 0 Å². The van der Waals surface area contributed by atoms with Gasteiger partial charge in [0.15, 0.2) is 0 Å². The number of aliphatic hydroxyl groups is 1. The van der Waals surface area contributed by atoms with Crippen LogP contribution in [0.1, 0.15) is 11.7 Å². The molecule has 0 spiro atoms. The maximum absolute atomic E-state index is 10.3. The van der Waals surface area contributed by atoms with E-state index in [-0.39, 0.29) is 6.54 Å². The summed E-state index contributed by atoms with van der Waals surface area (Å²) < 4.78 is 0. The van der Waals surface area contributed by atoms with Crippen LogP contribution in [-0.2, 0) is 0 Å². The van der Waals surface area contributed by atoms with E-state index in [1.165, 1.54) is 0 Å². The summed E-state index contributed by atoms with van der Waals surface area (Å²) in [6, 6.07) is 6.40. The highest BCUT2D eigenvalue weighted by Crippen LogP contribution is 2.15. The maximum atomic E-state index is 10.3. The van der Waals surface area contributed by atoms with E-state index in [4.69, 9.17) is 10.8 Å². The number of carbonyl (C=O) groups is 1. The molecule has 1 aromatic rings. The van der Waals surface area contributed by atoms with Crippen LogP contribution >= 0.6 is 0 Å². The molecule has 0 aliphatic rings. The van der Waals surface area contributed by atoms with E-state index in [9.17, 15) is 9.90 Å². The predicted octanol–water partition coefficient (Wildman–Crippen LogP) is 0.769. The monoisotopic (exact) mass is 196 g/mol. The third-order valence-corrected chi connectivity index (χ3v) is 1.77. The van der Waals surface area contributed by atoms with Gasteiger partial charge in [-0.1, -0.05) is 12.1 Å². The van der Waals surface area contributed by atoms with E-state index in [0.717, 1.165) is 0 Å². The Labute approximate surface area is 81.2 Å². The van der Waals surface area contributed by atoms with Gasteiger partial charge in [0.1, 0.15) is 0 Å². The van der Waals surface area contributed by atoms with Gasteiger partial charge in [-0.2, -0.15) is 0 Å². The Hall–Kier alpha value is -1.59. The SMILES string of the molecule is NC[C@H](O)c1ccc(NC(=O)O)cc1. The van der Waals surface area contributed by atoms with Crippen molar-refractivity contribution in [1.82, 2.24) is 0 Å². The quantitative estimate of drug-likeness (QED) is 0.574. The molecule has 1 rings (SSSR count). The maximum Gasteiger partial charge on any atom is 0.409 e. The molecule has 1 atom stereocenters. The Kier molecular flexibility index (Phi) is 3.44. The molecule has 0 saturated heterocycles. The second-order valence-corrected chi connectivity index (χ2v) is 2.80. The summed E-state index contributed by atoms with van der Waals surface area (Å²) in [5, 5.41) is 19.9.